The van der Waals surface area contributed by atoms with Gasteiger partial charge in [-0.3, -0.25) is 4.79 Å². The highest BCUT2D eigenvalue weighted by molar-refractivity contribution is 6.26. The molecule has 0 radical (unpaired) electrons. The predicted octanol–water partition coefficient (Wildman–Crippen LogP) is 1.24. The van der Waals surface area contributed by atoms with Crippen molar-refractivity contribution in [2.24, 2.45) is 0 Å². The maximum Gasteiger partial charge on any atom is 0.465 e. The van der Waals surface area contributed by atoms with Gasteiger partial charge in [0.1, 0.15) is 5.88 Å². The molecule has 23 heavy (non-hydrogen) atoms. The third kappa shape index (κ3) is 3.96. The van der Waals surface area contributed by atoms with E-state index in [1.807, 2.05) is 0 Å². The molecule has 14 heteroatoms. The Labute approximate surface area is 127 Å². The zero-order valence-corrected chi connectivity index (χ0v) is 11.3. The molecule has 7 nitrogen and oxygen atoms in total. The summed E-state index contributed by atoms with van der Waals surface area (Å²) in [4.78, 5) is 32.7. The smallest absolute Gasteiger partial charge is 0.414 e. The van der Waals surface area contributed by atoms with Gasteiger partial charge in [-0.1, -0.05) is 0 Å². The molecule has 0 spiro atoms. The molecular weight excluding hydrogens is 368 g/mol. The number of hydrogen-bond donors (Lipinski definition) is 1. The van der Waals surface area contributed by atoms with Gasteiger partial charge in [-0.05, 0) is 0 Å². The van der Waals surface area contributed by atoms with Gasteiger partial charge in [0.05, 0.1) is 6.54 Å². The van der Waals surface area contributed by atoms with Gasteiger partial charge in [-0.15, -0.1) is 11.6 Å². The van der Waals surface area contributed by atoms with Crippen molar-refractivity contribution < 1.29 is 54.9 Å². The van der Waals surface area contributed by atoms with E-state index in [1.165, 1.54) is 0 Å². The molecule has 0 bridgehead atoms. The van der Waals surface area contributed by atoms with E-state index >= 15 is 0 Å². The van der Waals surface area contributed by atoms with Crippen LogP contribution in [0.5, 0.6) is 0 Å². The minimum absolute atomic E-state index is 0.735. The number of alkyl carbamates (subject to hydrolysis) is 1. The number of esters is 2. The number of alkyl halides is 7. The molecule has 0 unspecified atom stereocenters. The van der Waals surface area contributed by atoms with E-state index in [9.17, 15) is 40.7 Å². The Morgan fingerprint density at radius 1 is 1.22 bits per heavy atom. The van der Waals surface area contributed by atoms with Gasteiger partial charge in [0.15, 0.2) is 6.10 Å². The first kappa shape index (κ1) is 19.3. The van der Waals surface area contributed by atoms with Crippen molar-refractivity contribution in [1.29, 1.82) is 0 Å². The van der Waals surface area contributed by atoms with Crippen molar-refractivity contribution in [3.05, 3.63) is 0 Å². The fourth-order valence-corrected chi connectivity index (χ4v) is 1.41. The zero-order chi connectivity index (χ0) is 18.1. The summed E-state index contributed by atoms with van der Waals surface area (Å²) in [6.45, 7) is -1.17. The number of amides is 1. The Kier molecular flexibility index (Phi) is 5.36. The van der Waals surface area contributed by atoms with E-state index < -0.39 is 54.7 Å². The van der Waals surface area contributed by atoms with E-state index in [4.69, 9.17) is 11.6 Å². The summed E-state index contributed by atoms with van der Waals surface area (Å²) in [5.74, 6) is -9.12. The van der Waals surface area contributed by atoms with E-state index in [0.29, 0.717) is 0 Å². The van der Waals surface area contributed by atoms with Crippen LogP contribution in [0.3, 0.4) is 0 Å². The van der Waals surface area contributed by atoms with E-state index in [-0.39, 0.29) is 0 Å². The molecule has 1 N–H and O–H groups in total. The molecule has 0 aromatic heterocycles. The van der Waals surface area contributed by atoms with Gasteiger partial charge >= 0.3 is 36.2 Å². The molecule has 1 aliphatic heterocycles. The first-order valence-corrected chi connectivity index (χ1v) is 5.96. The van der Waals surface area contributed by atoms with Gasteiger partial charge in [-0.25, -0.2) is 9.59 Å². The number of nitrogens with one attached hydrogen (secondary N) is 1. The van der Waals surface area contributed by atoms with E-state index in [2.05, 4.69) is 14.2 Å². The van der Waals surface area contributed by atoms with Gasteiger partial charge in [-0.2, -0.15) is 26.3 Å². The van der Waals surface area contributed by atoms with Crippen LogP contribution in [0.2, 0.25) is 0 Å². The quantitative estimate of drug-likeness (QED) is 0.346. The molecular formula is C9H6ClF6NO6. The number of rotatable bonds is 3. The van der Waals surface area contributed by atoms with Crippen molar-refractivity contribution in [2.75, 3.05) is 12.4 Å². The second-order valence-electron chi connectivity index (χ2n) is 3.92. The standard InChI is InChI=1S/C9H6ClF6NO6/c10-1-4(18)21-6(20)17-2-3-5(19)23-7(22-3,8(11,12)13)9(14,15)16/h3H,1-2H2,(H,17,20)/t3-/m0/s1. The first-order valence-electron chi connectivity index (χ1n) is 5.42. The fourth-order valence-electron chi connectivity index (χ4n) is 1.36. The molecule has 1 heterocycles. The van der Waals surface area contributed by atoms with Crippen LogP contribution in [-0.4, -0.2) is 54.7 Å². The SMILES string of the molecule is O=C(CCl)OC(=O)NC[C@@H]1OC(C(F)(F)F)(C(F)(F)F)OC1=O. The van der Waals surface area contributed by atoms with Crippen molar-refractivity contribution in [3.8, 4) is 0 Å². The van der Waals surface area contributed by atoms with Crippen LogP contribution in [0, 0.1) is 0 Å². The summed E-state index contributed by atoms with van der Waals surface area (Å²) >= 11 is 4.98. The lowest BCUT2D eigenvalue weighted by atomic mass is 10.2. The molecule has 1 amide bonds. The third-order valence-electron chi connectivity index (χ3n) is 2.31. The number of halogens is 7. The van der Waals surface area contributed by atoms with Crippen LogP contribution < -0.4 is 5.32 Å². The van der Waals surface area contributed by atoms with Crippen LogP contribution in [0.15, 0.2) is 0 Å². The molecule has 0 aromatic rings. The zero-order valence-electron chi connectivity index (χ0n) is 10.6. The lowest BCUT2D eigenvalue weighted by Gasteiger charge is -2.30. The lowest BCUT2D eigenvalue weighted by molar-refractivity contribution is -0.439. The van der Waals surface area contributed by atoms with Crippen LogP contribution in [0.1, 0.15) is 0 Å². The highest BCUT2D eigenvalue weighted by Gasteiger charge is 2.80. The second kappa shape index (κ2) is 6.39. The van der Waals surface area contributed by atoms with E-state index in [0.717, 1.165) is 0 Å². The monoisotopic (exact) mass is 373 g/mol. The number of ether oxygens (including phenoxy) is 3. The average molecular weight is 374 g/mol. The number of carbonyl (C=O) groups is 3. The van der Waals surface area contributed by atoms with Crippen LogP contribution >= 0.6 is 11.6 Å². The van der Waals surface area contributed by atoms with Crippen LogP contribution in [0.25, 0.3) is 0 Å². The van der Waals surface area contributed by atoms with Crippen molar-refractivity contribution in [1.82, 2.24) is 5.32 Å². The largest absolute Gasteiger partial charge is 0.465 e. The van der Waals surface area contributed by atoms with E-state index in [1.54, 1.807) is 5.32 Å². The normalized spacial score (nSPS) is 20.8. The van der Waals surface area contributed by atoms with Crippen molar-refractivity contribution >= 4 is 29.6 Å². The lowest BCUT2D eigenvalue weighted by Crippen LogP contribution is -2.58. The minimum atomic E-state index is -6.11. The van der Waals surface area contributed by atoms with Gasteiger partial charge in [0.25, 0.3) is 0 Å². The van der Waals surface area contributed by atoms with Gasteiger partial charge < -0.3 is 19.5 Å². The number of hydrogen-bond acceptors (Lipinski definition) is 6. The maximum atomic E-state index is 12.6. The molecule has 1 aliphatic rings. The predicted molar refractivity (Wildman–Crippen MR) is 56.0 cm³/mol. The fraction of sp³-hybridized carbons (Fsp3) is 0.667. The first-order chi connectivity index (χ1) is 10.3. The summed E-state index contributed by atoms with van der Waals surface area (Å²) in [5.41, 5.74) is 0. The molecule has 1 saturated heterocycles. The van der Waals surface area contributed by atoms with Gasteiger partial charge in [0, 0.05) is 0 Å². The Morgan fingerprint density at radius 2 is 1.74 bits per heavy atom. The molecule has 1 atom stereocenters. The highest BCUT2D eigenvalue weighted by atomic mass is 35.5. The Morgan fingerprint density at radius 3 is 2.13 bits per heavy atom. The summed E-state index contributed by atoms with van der Waals surface area (Å²) in [6.07, 6.45) is -16.2. The second-order valence-corrected chi connectivity index (χ2v) is 4.18. The molecule has 0 aliphatic carbocycles. The molecule has 0 aromatic carbocycles. The summed E-state index contributed by atoms with van der Waals surface area (Å²) < 4.78 is 86.4. The molecule has 0 saturated carbocycles. The number of carbonyl (C=O) groups excluding carboxylic acids is 3. The highest BCUT2D eigenvalue weighted by Crippen LogP contribution is 2.50. The van der Waals surface area contributed by atoms with Crippen molar-refractivity contribution in [3.63, 3.8) is 0 Å². The van der Waals surface area contributed by atoms with Crippen LogP contribution in [-0.2, 0) is 23.8 Å². The summed E-state index contributed by atoms with van der Waals surface area (Å²) in [6, 6.07) is 0. The maximum absolute atomic E-state index is 12.6. The number of cyclic esters (lactones) is 1. The Hall–Kier alpha value is -1.76. The molecule has 1 fully saturated rings. The topological polar surface area (TPSA) is 90.9 Å². The Bertz CT molecular complexity index is 492. The van der Waals surface area contributed by atoms with Gasteiger partial charge in [0.2, 0.25) is 0 Å². The molecule has 132 valence electrons. The summed E-state index contributed by atoms with van der Waals surface area (Å²) in [5, 5.41) is 1.56. The third-order valence-corrected chi connectivity index (χ3v) is 2.53. The summed E-state index contributed by atoms with van der Waals surface area (Å²) in [7, 11) is 0. The Balaban J connectivity index is 2.80. The average Bonchev–Trinajstić information content (AvgIpc) is 2.74. The minimum Gasteiger partial charge on any atom is -0.414 e. The van der Waals surface area contributed by atoms with Crippen molar-refractivity contribution in [2.45, 2.75) is 24.2 Å². The van der Waals surface area contributed by atoms with Crippen LogP contribution in [0.4, 0.5) is 31.1 Å². The molecule has 1 rings (SSSR count).